The first-order valence-electron chi connectivity index (χ1n) is 12.2. The summed E-state index contributed by atoms with van der Waals surface area (Å²) in [6, 6.07) is 21.7. The first-order valence-corrected chi connectivity index (χ1v) is 12.2. The second-order valence-corrected chi connectivity index (χ2v) is 11.9. The van der Waals surface area contributed by atoms with Gasteiger partial charge in [-0.2, -0.15) is 0 Å². The largest absolute Gasteiger partial charge is 0.478 e. The monoisotopic (exact) mass is 444 g/mol. The molecule has 2 aromatic rings. The summed E-state index contributed by atoms with van der Waals surface area (Å²) in [6.45, 7) is 14.6. The highest BCUT2D eigenvalue weighted by Gasteiger charge is 2.75. The zero-order valence-electron chi connectivity index (χ0n) is 20.7. The van der Waals surface area contributed by atoms with Crippen LogP contribution in [0.5, 0.6) is 0 Å². The predicted molar refractivity (Wildman–Crippen MR) is 134 cm³/mol. The van der Waals surface area contributed by atoms with E-state index < -0.39 is 5.41 Å². The summed E-state index contributed by atoms with van der Waals surface area (Å²) in [5.74, 6) is 1.96. The molecule has 3 aliphatic rings. The second kappa shape index (κ2) is 7.72. The SMILES string of the molecule is CC(C)(C)[C@@H]1COC(C2(C3=N[C@H](C(C)(C)C)CO3)[C@@H](c3ccccc3)[C@@H]2c2ccccc2)=N1. The standard InChI is InChI=1S/C29H36N2O2/c1-27(2,3)21-17-32-25(30-21)29(26-31-22(18-33-26)28(4,5)6)23(19-13-9-7-10-14-19)24(29)20-15-11-8-12-16-20/h7-16,21-24H,17-18H2,1-6H3/t21-,22-,23-,24-/m0/s1. The van der Waals surface area contributed by atoms with Crippen molar-refractivity contribution in [2.75, 3.05) is 13.2 Å². The quantitative estimate of drug-likeness (QED) is 0.560. The van der Waals surface area contributed by atoms with Crippen molar-refractivity contribution in [2.24, 2.45) is 26.2 Å². The molecule has 1 fully saturated rings. The lowest BCUT2D eigenvalue weighted by Crippen LogP contribution is -2.30. The number of benzene rings is 2. The first kappa shape index (κ1) is 22.2. The lowest BCUT2D eigenvalue weighted by atomic mass is 9.88. The van der Waals surface area contributed by atoms with Gasteiger partial charge in [0.15, 0.2) is 0 Å². The normalized spacial score (nSPS) is 28.5. The Morgan fingerprint density at radius 3 is 1.30 bits per heavy atom. The van der Waals surface area contributed by atoms with E-state index in [0.717, 1.165) is 11.8 Å². The fourth-order valence-electron chi connectivity index (χ4n) is 5.33. The van der Waals surface area contributed by atoms with Crippen LogP contribution >= 0.6 is 0 Å². The summed E-state index contributed by atoms with van der Waals surface area (Å²) in [4.78, 5) is 10.4. The Kier molecular flexibility index (Phi) is 5.19. The summed E-state index contributed by atoms with van der Waals surface area (Å²) < 4.78 is 12.9. The van der Waals surface area contributed by atoms with Crippen molar-refractivity contribution in [2.45, 2.75) is 65.5 Å². The smallest absolute Gasteiger partial charge is 0.201 e. The first-order chi connectivity index (χ1) is 15.6. The van der Waals surface area contributed by atoms with Gasteiger partial charge in [0.25, 0.3) is 0 Å². The van der Waals surface area contributed by atoms with Crippen molar-refractivity contribution in [1.29, 1.82) is 0 Å². The van der Waals surface area contributed by atoms with Gasteiger partial charge in [-0.05, 0) is 22.0 Å². The van der Waals surface area contributed by atoms with Crippen molar-refractivity contribution < 1.29 is 9.47 Å². The molecular formula is C29H36N2O2. The van der Waals surface area contributed by atoms with Crippen molar-refractivity contribution in [3.63, 3.8) is 0 Å². The minimum absolute atomic E-state index is 0.0363. The van der Waals surface area contributed by atoms with Crippen LogP contribution in [0.25, 0.3) is 0 Å². The van der Waals surface area contributed by atoms with Gasteiger partial charge in [-0.25, -0.2) is 9.98 Å². The summed E-state index contributed by atoms with van der Waals surface area (Å²) in [6.07, 6.45) is 0. The molecule has 0 N–H and O–H groups in total. The molecular weight excluding hydrogens is 408 g/mol. The van der Waals surface area contributed by atoms with E-state index in [1.54, 1.807) is 0 Å². The van der Waals surface area contributed by atoms with Crippen LogP contribution in [0.2, 0.25) is 0 Å². The number of aliphatic imine (C=N–C) groups is 2. The van der Waals surface area contributed by atoms with Crippen LogP contribution in [0.3, 0.4) is 0 Å². The topological polar surface area (TPSA) is 43.2 Å². The summed E-state index contributed by atoms with van der Waals surface area (Å²) in [7, 11) is 0. The fraction of sp³-hybridized carbons (Fsp3) is 0.517. The molecule has 1 saturated carbocycles. The van der Waals surface area contributed by atoms with Crippen molar-refractivity contribution in [3.8, 4) is 0 Å². The van der Waals surface area contributed by atoms with Gasteiger partial charge in [-0.15, -0.1) is 0 Å². The van der Waals surface area contributed by atoms with E-state index in [-0.39, 0.29) is 34.7 Å². The Hall–Kier alpha value is -2.62. The molecule has 4 atom stereocenters. The highest BCUT2D eigenvalue weighted by Crippen LogP contribution is 2.73. The molecule has 5 rings (SSSR count). The highest BCUT2D eigenvalue weighted by molar-refractivity contribution is 6.12. The average Bonchev–Trinajstić information content (AvgIpc) is 3.15. The van der Waals surface area contributed by atoms with E-state index >= 15 is 0 Å². The Bertz CT molecular complexity index is 973. The van der Waals surface area contributed by atoms with Crippen LogP contribution in [0.1, 0.15) is 64.5 Å². The molecule has 33 heavy (non-hydrogen) atoms. The Balaban J connectivity index is 1.68. The van der Waals surface area contributed by atoms with Gasteiger partial charge in [0.05, 0.1) is 12.1 Å². The molecule has 0 spiro atoms. The van der Waals surface area contributed by atoms with Gasteiger partial charge in [0, 0.05) is 11.8 Å². The Labute approximate surface area is 198 Å². The third-order valence-corrected chi connectivity index (χ3v) is 7.53. The molecule has 0 bridgehead atoms. The van der Waals surface area contributed by atoms with E-state index in [1.165, 1.54) is 11.1 Å². The molecule has 2 aliphatic heterocycles. The molecule has 0 amide bonds. The molecule has 2 aromatic carbocycles. The van der Waals surface area contributed by atoms with Crippen LogP contribution in [0.4, 0.5) is 0 Å². The maximum Gasteiger partial charge on any atom is 0.201 e. The average molecular weight is 445 g/mol. The number of ether oxygens (including phenoxy) is 2. The summed E-state index contributed by atoms with van der Waals surface area (Å²) >= 11 is 0. The molecule has 0 radical (unpaired) electrons. The van der Waals surface area contributed by atoms with Gasteiger partial charge in [0.1, 0.15) is 18.6 Å². The third kappa shape index (κ3) is 3.68. The fourth-order valence-corrected chi connectivity index (χ4v) is 5.33. The molecule has 0 aromatic heterocycles. The Morgan fingerprint density at radius 1 is 0.636 bits per heavy atom. The third-order valence-electron chi connectivity index (χ3n) is 7.53. The molecule has 4 nitrogen and oxygen atoms in total. The van der Waals surface area contributed by atoms with Crippen LogP contribution in [-0.2, 0) is 9.47 Å². The van der Waals surface area contributed by atoms with Crippen LogP contribution in [0.15, 0.2) is 70.6 Å². The lowest BCUT2D eigenvalue weighted by molar-refractivity contribution is 0.219. The summed E-state index contributed by atoms with van der Waals surface area (Å²) in [5.41, 5.74) is 2.14. The lowest BCUT2D eigenvalue weighted by Gasteiger charge is -2.22. The molecule has 2 heterocycles. The van der Waals surface area contributed by atoms with E-state index in [9.17, 15) is 0 Å². The molecule has 0 saturated heterocycles. The number of rotatable bonds is 4. The Morgan fingerprint density at radius 2 is 1.00 bits per heavy atom. The predicted octanol–water partition coefficient (Wildman–Crippen LogP) is 6.24. The molecule has 1 aliphatic carbocycles. The van der Waals surface area contributed by atoms with E-state index in [2.05, 4.69) is 102 Å². The number of nitrogens with zero attached hydrogens (tertiary/aromatic N) is 2. The maximum absolute atomic E-state index is 6.45. The van der Waals surface area contributed by atoms with Gasteiger partial charge in [-0.3, -0.25) is 0 Å². The van der Waals surface area contributed by atoms with E-state index in [1.807, 2.05) is 0 Å². The zero-order valence-corrected chi connectivity index (χ0v) is 20.7. The van der Waals surface area contributed by atoms with Crippen LogP contribution in [-0.4, -0.2) is 37.1 Å². The van der Waals surface area contributed by atoms with Crippen molar-refractivity contribution in [1.82, 2.24) is 0 Å². The van der Waals surface area contributed by atoms with Crippen LogP contribution < -0.4 is 0 Å². The minimum atomic E-state index is -0.497. The van der Waals surface area contributed by atoms with Gasteiger partial charge >= 0.3 is 0 Å². The van der Waals surface area contributed by atoms with E-state index in [4.69, 9.17) is 19.5 Å². The molecule has 174 valence electrons. The summed E-state index contributed by atoms with van der Waals surface area (Å²) in [5, 5.41) is 0. The minimum Gasteiger partial charge on any atom is -0.478 e. The van der Waals surface area contributed by atoms with Crippen molar-refractivity contribution >= 4 is 11.8 Å². The molecule has 4 heteroatoms. The molecule has 0 unspecified atom stereocenters. The van der Waals surface area contributed by atoms with Gasteiger partial charge in [-0.1, -0.05) is 102 Å². The maximum atomic E-state index is 6.45. The van der Waals surface area contributed by atoms with Gasteiger partial charge < -0.3 is 9.47 Å². The van der Waals surface area contributed by atoms with Crippen molar-refractivity contribution in [3.05, 3.63) is 71.8 Å². The number of hydrogen-bond donors (Lipinski definition) is 0. The zero-order chi connectivity index (χ0) is 23.4. The second-order valence-electron chi connectivity index (χ2n) is 11.9. The van der Waals surface area contributed by atoms with Gasteiger partial charge in [0.2, 0.25) is 11.8 Å². The van der Waals surface area contributed by atoms with E-state index in [0.29, 0.717) is 13.2 Å². The number of hydrogen-bond acceptors (Lipinski definition) is 4. The highest BCUT2D eigenvalue weighted by atomic mass is 16.5. The van der Waals surface area contributed by atoms with Crippen LogP contribution in [0, 0.1) is 16.2 Å².